The molecule has 1 aliphatic rings. The molecule has 1 saturated heterocycles. The van der Waals surface area contributed by atoms with E-state index in [0.29, 0.717) is 23.3 Å². The summed E-state index contributed by atoms with van der Waals surface area (Å²) in [7, 11) is 1.58. The minimum atomic E-state index is -0.314. The molecule has 0 aliphatic carbocycles. The topological polar surface area (TPSA) is 71.4 Å². The van der Waals surface area contributed by atoms with E-state index in [1.54, 1.807) is 13.3 Å². The number of aromatic nitrogens is 2. The van der Waals surface area contributed by atoms with Gasteiger partial charge in [0, 0.05) is 25.2 Å². The molecule has 2 amide bonds. The number of aryl methyl sites for hydroxylation is 1. The van der Waals surface area contributed by atoms with Crippen LogP contribution in [0.1, 0.15) is 36.9 Å². The highest BCUT2D eigenvalue weighted by molar-refractivity contribution is 6.00. The molecule has 2 aromatic carbocycles. The lowest BCUT2D eigenvalue weighted by Gasteiger charge is -2.36. The van der Waals surface area contributed by atoms with Crippen LogP contribution in [0.3, 0.4) is 0 Å². The van der Waals surface area contributed by atoms with Crippen LogP contribution in [0.25, 0.3) is 0 Å². The lowest BCUT2D eigenvalue weighted by Crippen LogP contribution is -2.41. The average molecular weight is 448 g/mol. The number of amides is 2. The summed E-state index contributed by atoms with van der Waals surface area (Å²) in [6.07, 6.45) is 4.80. The fraction of sp³-hybridized carbons (Fsp3) is 0.385. The zero-order chi connectivity index (χ0) is 23.2. The highest BCUT2D eigenvalue weighted by Crippen LogP contribution is 2.28. The van der Waals surface area contributed by atoms with E-state index in [1.165, 1.54) is 11.1 Å². The van der Waals surface area contributed by atoms with Crippen LogP contribution in [0, 0.1) is 6.92 Å². The number of benzene rings is 2. The zero-order valence-electron chi connectivity index (χ0n) is 19.6. The smallest absolute Gasteiger partial charge is 0.324 e. The van der Waals surface area contributed by atoms with Gasteiger partial charge in [0.2, 0.25) is 0 Å². The van der Waals surface area contributed by atoms with E-state index in [1.807, 2.05) is 35.0 Å². The van der Waals surface area contributed by atoms with E-state index >= 15 is 0 Å². The third kappa shape index (κ3) is 5.73. The minimum Gasteiger partial charge on any atom is -0.495 e. The van der Waals surface area contributed by atoms with Gasteiger partial charge in [-0.15, -0.1) is 0 Å². The van der Waals surface area contributed by atoms with E-state index in [0.717, 1.165) is 32.4 Å². The molecule has 3 aromatic rings. The molecule has 0 radical (unpaired) electrons. The van der Waals surface area contributed by atoms with Crippen molar-refractivity contribution in [2.45, 2.75) is 45.2 Å². The van der Waals surface area contributed by atoms with Gasteiger partial charge in [-0.1, -0.05) is 42.0 Å². The Bertz CT molecular complexity index is 1050. The van der Waals surface area contributed by atoms with Crippen molar-refractivity contribution >= 4 is 17.5 Å². The molecule has 7 heteroatoms. The molecule has 2 N–H and O–H groups in total. The Morgan fingerprint density at radius 1 is 1.09 bits per heavy atom. The summed E-state index contributed by atoms with van der Waals surface area (Å²) in [6, 6.07) is 18.5. The van der Waals surface area contributed by atoms with Gasteiger partial charge in [-0.25, -0.2) is 9.48 Å². The summed E-state index contributed by atoms with van der Waals surface area (Å²) >= 11 is 0. The van der Waals surface area contributed by atoms with Crippen molar-refractivity contribution in [1.82, 2.24) is 14.7 Å². The highest BCUT2D eigenvalue weighted by Gasteiger charge is 2.26. The standard InChI is InChI=1S/C26H33N5O2/c1-19-8-10-21(11-9-19)18-20(2)30-16-13-22(14-17-30)31-25(12-15-27-31)29-26(32)28-23-6-4-5-7-24(23)33-3/h4-12,15,20,22H,13-14,16-18H2,1-3H3,(H2,28,29,32)/t20-/m0/s1. The maximum Gasteiger partial charge on any atom is 0.324 e. The molecule has 2 heterocycles. The highest BCUT2D eigenvalue weighted by atomic mass is 16.5. The first-order valence-electron chi connectivity index (χ1n) is 11.6. The number of carbonyl (C=O) groups is 1. The van der Waals surface area contributed by atoms with Crippen LogP contribution in [0.15, 0.2) is 60.8 Å². The summed E-state index contributed by atoms with van der Waals surface area (Å²) in [5.41, 5.74) is 3.31. The van der Waals surface area contributed by atoms with Crippen LogP contribution in [0.2, 0.25) is 0 Å². The summed E-state index contributed by atoms with van der Waals surface area (Å²) in [5.74, 6) is 1.32. The Labute approximate surface area is 195 Å². The molecular formula is C26H33N5O2. The van der Waals surface area contributed by atoms with E-state index in [-0.39, 0.29) is 12.1 Å². The van der Waals surface area contributed by atoms with Crippen molar-refractivity contribution in [2.75, 3.05) is 30.8 Å². The fourth-order valence-corrected chi connectivity index (χ4v) is 4.49. The lowest BCUT2D eigenvalue weighted by molar-refractivity contribution is 0.139. The van der Waals surface area contributed by atoms with E-state index in [4.69, 9.17) is 4.74 Å². The number of hydrogen-bond acceptors (Lipinski definition) is 4. The van der Waals surface area contributed by atoms with Crippen LogP contribution in [0.4, 0.5) is 16.3 Å². The van der Waals surface area contributed by atoms with E-state index in [2.05, 4.69) is 58.7 Å². The summed E-state index contributed by atoms with van der Waals surface area (Å²) in [4.78, 5) is 15.1. The molecule has 1 aliphatic heterocycles. The normalized spacial score (nSPS) is 15.7. The summed E-state index contributed by atoms with van der Waals surface area (Å²) in [6.45, 7) is 6.47. The van der Waals surface area contributed by atoms with Crippen LogP contribution in [-0.4, -0.2) is 47.0 Å². The van der Waals surface area contributed by atoms with Gasteiger partial charge >= 0.3 is 6.03 Å². The van der Waals surface area contributed by atoms with Crippen LogP contribution in [0.5, 0.6) is 5.75 Å². The first kappa shape index (κ1) is 22.9. The van der Waals surface area contributed by atoms with Crippen molar-refractivity contribution in [3.63, 3.8) is 0 Å². The molecule has 1 aromatic heterocycles. The number of para-hydroxylation sites is 2. The number of ether oxygens (including phenoxy) is 1. The predicted molar refractivity (Wildman–Crippen MR) is 132 cm³/mol. The second kappa shape index (κ2) is 10.5. The maximum absolute atomic E-state index is 12.6. The molecule has 0 spiro atoms. The SMILES string of the molecule is COc1ccccc1NC(=O)Nc1ccnn1C1CCN([C@@H](C)Cc2ccc(C)cc2)CC1. The second-order valence-electron chi connectivity index (χ2n) is 8.75. The van der Waals surface area contributed by atoms with E-state index in [9.17, 15) is 4.79 Å². The maximum atomic E-state index is 12.6. The quantitative estimate of drug-likeness (QED) is 0.528. The molecule has 0 bridgehead atoms. The van der Waals surface area contributed by atoms with Crippen molar-refractivity contribution < 1.29 is 9.53 Å². The number of urea groups is 1. The van der Waals surface area contributed by atoms with Gasteiger partial charge in [-0.2, -0.15) is 5.10 Å². The molecule has 33 heavy (non-hydrogen) atoms. The number of rotatable bonds is 7. The summed E-state index contributed by atoms with van der Waals surface area (Å²) < 4.78 is 7.26. The number of methoxy groups -OCH3 is 1. The van der Waals surface area contributed by atoms with Gasteiger partial charge in [0.1, 0.15) is 11.6 Å². The van der Waals surface area contributed by atoms with Gasteiger partial charge in [-0.05, 0) is 50.8 Å². The Morgan fingerprint density at radius 2 is 1.82 bits per heavy atom. The van der Waals surface area contributed by atoms with E-state index < -0.39 is 0 Å². The molecule has 0 unspecified atom stereocenters. The monoisotopic (exact) mass is 447 g/mol. The summed E-state index contributed by atoms with van der Waals surface area (Å²) in [5, 5.41) is 10.3. The molecule has 1 fully saturated rings. The predicted octanol–water partition coefficient (Wildman–Crippen LogP) is 5.11. The van der Waals surface area contributed by atoms with Gasteiger partial charge in [0.15, 0.2) is 0 Å². The minimum absolute atomic E-state index is 0.268. The Morgan fingerprint density at radius 3 is 2.55 bits per heavy atom. The lowest BCUT2D eigenvalue weighted by atomic mass is 10.00. The van der Waals surface area contributed by atoms with Crippen molar-refractivity contribution in [3.8, 4) is 5.75 Å². The third-order valence-electron chi connectivity index (χ3n) is 6.39. The molecule has 4 rings (SSSR count). The number of nitrogens with zero attached hydrogens (tertiary/aromatic N) is 3. The Kier molecular flexibility index (Phi) is 7.29. The van der Waals surface area contributed by atoms with Gasteiger partial charge < -0.3 is 15.0 Å². The molecule has 0 saturated carbocycles. The number of anilines is 2. The van der Waals surface area contributed by atoms with Crippen molar-refractivity contribution in [2.24, 2.45) is 0 Å². The number of likely N-dealkylation sites (tertiary alicyclic amines) is 1. The van der Waals surface area contributed by atoms with Gasteiger partial charge in [-0.3, -0.25) is 5.32 Å². The Hall–Kier alpha value is -3.32. The van der Waals surface area contributed by atoms with Gasteiger partial charge in [0.05, 0.1) is 25.0 Å². The fourth-order valence-electron chi connectivity index (χ4n) is 4.49. The number of piperidine rings is 1. The third-order valence-corrected chi connectivity index (χ3v) is 6.39. The largest absolute Gasteiger partial charge is 0.495 e. The zero-order valence-corrected chi connectivity index (χ0v) is 19.6. The van der Waals surface area contributed by atoms with Crippen molar-refractivity contribution in [1.29, 1.82) is 0 Å². The average Bonchev–Trinajstić information content (AvgIpc) is 3.29. The first-order chi connectivity index (χ1) is 16.0. The number of nitrogens with one attached hydrogen (secondary N) is 2. The molecule has 174 valence electrons. The van der Waals surface area contributed by atoms with Crippen molar-refractivity contribution in [3.05, 3.63) is 71.9 Å². The van der Waals surface area contributed by atoms with Crippen LogP contribution in [-0.2, 0) is 6.42 Å². The molecule has 7 nitrogen and oxygen atoms in total. The van der Waals surface area contributed by atoms with Crippen LogP contribution < -0.4 is 15.4 Å². The second-order valence-corrected chi connectivity index (χ2v) is 8.75. The van der Waals surface area contributed by atoms with Gasteiger partial charge in [0.25, 0.3) is 0 Å². The first-order valence-corrected chi connectivity index (χ1v) is 11.6. The Balaban J connectivity index is 1.32. The number of hydrogen-bond donors (Lipinski definition) is 2. The number of carbonyl (C=O) groups excluding carboxylic acids is 1. The molecule has 1 atom stereocenters. The molecular weight excluding hydrogens is 414 g/mol. The van der Waals surface area contributed by atoms with Crippen LogP contribution >= 0.6 is 0 Å².